The van der Waals surface area contributed by atoms with Crippen LogP contribution in [0.2, 0.25) is 0 Å². The molecule has 8 heteroatoms. The number of nitrogens with one attached hydrogen (secondary N) is 1. The molecule has 0 aliphatic rings. The highest BCUT2D eigenvalue weighted by molar-refractivity contribution is 9.10. The fourth-order valence-corrected chi connectivity index (χ4v) is 4.57. The van der Waals surface area contributed by atoms with Crippen LogP contribution in [0.1, 0.15) is 11.1 Å². The molecule has 0 fully saturated rings. The third-order valence-corrected chi connectivity index (χ3v) is 6.73. The SMILES string of the molecule is Cc1ccc(C)c(N=Nc2c(-c3ccccc3)[nH]n(-c3nc(-c4ccc(Br)cc4)cs3)c2=O)c1. The van der Waals surface area contributed by atoms with Gasteiger partial charge in [0, 0.05) is 21.0 Å². The van der Waals surface area contributed by atoms with E-state index < -0.39 is 0 Å². The first-order valence-electron chi connectivity index (χ1n) is 10.6. The molecular formula is C26H20BrN5OS. The summed E-state index contributed by atoms with van der Waals surface area (Å²) >= 11 is 4.84. The third kappa shape index (κ3) is 4.42. The zero-order valence-electron chi connectivity index (χ0n) is 18.5. The van der Waals surface area contributed by atoms with E-state index in [9.17, 15) is 4.79 Å². The summed E-state index contributed by atoms with van der Waals surface area (Å²) in [7, 11) is 0. The van der Waals surface area contributed by atoms with Gasteiger partial charge in [0.1, 0.15) is 0 Å². The Kier molecular flexibility index (Phi) is 6.08. The molecule has 2 aromatic heterocycles. The van der Waals surface area contributed by atoms with Crippen molar-refractivity contribution in [3.05, 3.63) is 104 Å². The molecular weight excluding hydrogens is 510 g/mol. The first kappa shape index (κ1) is 22.2. The van der Waals surface area contributed by atoms with Gasteiger partial charge in [0.15, 0.2) is 5.69 Å². The molecule has 6 nitrogen and oxygen atoms in total. The Morgan fingerprint density at radius 3 is 2.47 bits per heavy atom. The highest BCUT2D eigenvalue weighted by Crippen LogP contribution is 2.31. The molecule has 0 aliphatic carbocycles. The van der Waals surface area contributed by atoms with Crippen molar-refractivity contribution in [1.82, 2.24) is 14.8 Å². The van der Waals surface area contributed by atoms with Gasteiger partial charge in [-0.1, -0.05) is 70.5 Å². The summed E-state index contributed by atoms with van der Waals surface area (Å²) in [5.74, 6) is 0. The van der Waals surface area contributed by atoms with Gasteiger partial charge >= 0.3 is 5.56 Å². The molecule has 0 amide bonds. The van der Waals surface area contributed by atoms with Gasteiger partial charge in [-0.25, -0.2) is 4.98 Å². The van der Waals surface area contributed by atoms with Crippen LogP contribution in [0.4, 0.5) is 11.4 Å². The number of halogens is 1. The van der Waals surface area contributed by atoms with Crippen LogP contribution < -0.4 is 5.56 Å². The zero-order valence-corrected chi connectivity index (χ0v) is 20.9. The van der Waals surface area contributed by atoms with Gasteiger partial charge in [0.25, 0.3) is 0 Å². The number of aryl methyl sites for hydroxylation is 2. The van der Waals surface area contributed by atoms with E-state index in [1.165, 1.54) is 16.0 Å². The minimum Gasteiger partial charge on any atom is -0.286 e. The number of thiazole rings is 1. The number of aromatic amines is 1. The fraction of sp³-hybridized carbons (Fsp3) is 0.0769. The van der Waals surface area contributed by atoms with Crippen LogP contribution in [-0.4, -0.2) is 14.8 Å². The minimum atomic E-state index is -0.301. The lowest BCUT2D eigenvalue weighted by Gasteiger charge is -2.01. The maximum atomic E-state index is 13.5. The predicted molar refractivity (Wildman–Crippen MR) is 141 cm³/mol. The second-order valence-electron chi connectivity index (χ2n) is 7.85. The molecule has 0 aliphatic heterocycles. The smallest absolute Gasteiger partial charge is 0.286 e. The highest BCUT2D eigenvalue weighted by Gasteiger charge is 2.19. The molecule has 0 saturated heterocycles. The summed E-state index contributed by atoms with van der Waals surface area (Å²) in [5.41, 5.74) is 5.97. The van der Waals surface area contributed by atoms with Crippen LogP contribution in [0.3, 0.4) is 0 Å². The topological polar surface area (TPSA) is 75.4 Å². The summed E-state index contributed by atoms with van der Waals surface area (Å²) in [6, 6.07) is 23.5. The van der Waals surface area contributed by atoms with E-state index in [4.69, 9.17) is 4.98 Å². The molecule has 0 spiro atoms. The van der Waals surface area contributed by atoms with Gasteiger partial charge in [-0.15, -0.1) is 16.5 Å². The largest absolute Gasteiger partial charge is 0.301 e. The number of aromatic nitrogens is 3. The van der Waals surface area contributed by atoms with Gasteiger partial charge < -0.3 is 0 Å². The lowest BCUT2D eigenvalue weighted by atomic mass is 10.1. The molecule has 0 atom stereocenters. The number of nitrogens with zero attached hydrogens (tertiary/aromatic N) is 4. The lowest BCUT2D eigenvalue weighted by molar-refractivity contribution is 0.843. The van der Waals surface area contributed by atoms with Crippen LogP contribution >= 0.6 is 27.3 Å². The summed E-state index contributed by atoms with van der Waals surface area (Å²) in [4.78, 5) is 18.2. The van der Waals surface area contributed by atoms with Gasteiger partial charge in [-0.05, 0) is 43.2 Å². The Labute approximate surface area is 208 Å². The van der Waals surface area contributed by atoms with Crippen LogP contribution in [0.15, 0.2) is 97.7 Å². The normalized spacial score (nSPS) is 11.4. The van der Waals surface area contributed by atoms with E-state index in [-0.39, 0.29) is 11.2 Å². The molecule has 34 heavy (non-hydrogen) atoms. The van der Waals surface area contributed by atoms with Crippen LogP contribution in [0.25, 0.3) is 27.6 Å². The highest BCUT2D eigenvalue weighted by atomic mass is 79.9. The predicted octanol–water partition coefficient (Wildman–Crippen LogP) is 7.75. The van der Waals surface area contributed by atoms with Gasteiger partial charge in [0.05, 0.1) is 17.1 Å². The lowest BCUT2D eigenvalue weighted by Crippen LogP contribution is -2.13. The standard InChI is InChI=1S/C26H20BrN5OS/c1-16-8-9-17(2)21(14-16)29-30-24-23(19-6-4-3-5-7-19)31-32(25(24)33)26-28-22(15-34-26)18-10-12-20(27)13-11-18/h3-15,31H,1-2H3. The molecule has 0 saturated carbocycles. The number of hydrogen-bond donors (Lipinski definition) is 1. The fourth-order valence-electron chi connectivity index (χ4n) is 3.51. The second-order valence-corrected chi connectivity index (χ2v) is 9.61. The number of H-pyrrole nitrogens is 1. The van der Waals surface area contributed by atoms with Crippen molar-refractivity contribution in [3.63, 3.8) is 0 Å². The van der Waals surface area contributed by atoms with Crippen LogP contribution in [0.5, 0.6) is 0 Å². The van der Waals surface area contributed by atoms with E-state index in [1.807, 2.05) is 92.0 Å². The van der Waals surface area contributed by atoms with Gasteiger partial charge in [0.2, 0.25) is 5.13 Å². The van der Waals surface area contributed by atoms with Gasteiger partial charge in [-0.2, -0.15) is 9.80 Å². The number of hydrogen-bond acceptors (Lipinski definition) is 5. The first-order chi connectivity index (χ1) is 16.5. The summed E-state index contributed by atoms with van der Waals surface area (Å²) < 4.78 is 2.44. The first-order valence-corrected chi connectivity index (χ1v) is 12.3. The average Bonchev–Trinajstić information content (AvgIpc) is 3.45. The monoisotopic (exact) mass is 529 g/mol. The maximum Gasteiger partial charge on any atom is 0.301 e. The summed E-state index contributed by atoms with van der Waals surface area (Å²) in [6.45, 7) is 3.98. The zero-order chi connectivity index (χ0) is 23.7. The van der Waals surface area contributed by atoms with Crippen molar-refractivity contribution < 1.29 is 0 Å². The van der Waals surface area contributed by atoms with Crippen molar-refractivity contribution in [3.8, 4) is 27.6 Å². The molecule has 168 valence electrons. The Morgan fingerprint density at radius 1 is 0.941 bits per heavy atom. The second kappa shape index (κ2) is 9.32. The Hall–Kier alpha value is -3.62. The molecule has 5 rings (SSSR count). The molecule has 5 aromatic rings. The van der Waals surface area contributed by atoms with E-state index in [2.05, 4.69) is 31.3 Å². The van der Waals surface area contributed by atoms with Crippen molar-refractivity contribution >= 4 is 38.6 Å². The molecule has 0 bridgehead atoms. The summed E-state index contributed by atoms with van der Waals surface area (Å²) in [5, 5.41) is 14.5. The molecule has 0 radical (unpaired) electrons. The van der Waals surface area contributed by atoms with Crippen molar-refractivity contribution in [2.24, 2.45) is 10.2 Å². The van der Waals surface area contributed by atoms with Crippen LogP contribution in [-0.2, 0) is 0 Å². The van der Waals surface area contributed by atoms with Gasteiger partial charge in [-0.3, -0.25) is 9.89 Å². The Morgan fingerprint density at radius 2 is 1.71 bits per heavy atom. The number of rotatable bonds is 5. The van der Waals surface area contributed by atoms with E-state index >= 15 is 0 Å². The molecule has 3 aromatic carbocycles. The number of azo groups is 1. The quantitative estimate of drug-likeness (QED) is 0.236. The number of benzene rings is 3. The third-order valence-electron chi connectivity index (χ3n) is 5.37. The van der Waals surface area contributed by atoms with Crippen LogP contribution in [0, 0.1) is 13.8 Å². The molecule has 2 heterocycles. The maximum absolute atomic E-state index is 13.5. The molecule has 1 N–H and O–H groups in total. The van der Waals surface area contributed by atoms with Crippen molar-refractivity contribution in [1.29, 1.82) is 0 Å². The summed E-state index contributed by atoms with van der Waals surface area (Å²) in [6.07, 6.45) is 0. The Bertz CT molecular complexity index is 1550. The van der Waals surface area contributed by atoms with Crippen molar-refractivity contribution in [2.75, 3.05) is 0 Å². The Balaban J connectivity index is 1.61. The van der Waals surface area contributed by atoms with E-state index in [0.717, 1.165) is 38.1 Å². The minimum absolute atomic E-state index is 0.243. The van der Waals surface area contributed by atoms with E-state index in [1.54, 1.807) is 0 Å². The van der Waals surface area contributed by atoms with E-state index in [0.29, 0.717) is 10.8 Å². The van der Waals surface area contributed by atoms with Crippen molar-refractivity contribution in [2.45, 2.75) is 13.8 Å². The average molecular weight is 530 g/mol. The molecule has 0 unspecified atom stereocenters.